The molecule has 1 heterocycles. The van der Waals surface area contributed by atoms with Gasteiger partial charge in [0, 0.05) is 27.8 Å². The first kappa shape index (κ1) is 14.5. The Labute approximate surface area is 122 Å². The molecule has 0 aromatic carbocycles. The lowest BCUT2D eigenvalue weighted by molar-refractivity contribution is 0.0173. The molecule has 0 amide bonds. The molecule has 2 unspecified atom stereocenters. The fourth-order valence-corrected chi connectivity index (χ4v) is 3.91. The summed E-state index contributed by atoms with van der Waals surface area (Å²) >= 11 is 5.26. The predicted molar refractivity (Wildman–Crippen MR) is 81.1 cm³/mol. The second kappa shape index (κ2) is 7.63. The molecule has 1 saturated carbocycles. The van der Waals surface area contributed by atoms with Crippen LogP contribution in [0.4, 0.5) is 0 Å². The Hall–Kier alpha value is 0.1000. The minimum Gasteiger partial charge on any atom is -0.377 e. The summed E-state index contributed by atoms with van der Waals surface area (Å²) in [4.78, 5) is 1.37. The highest BCUT2D eigenvalue weighted by Gasteiger charge is 2.18. The molecule has 1 aliphatic rings. The molecular weight excluding hydrogens is 310 g/mol. The Balaban J connectivity index is 1.53. The highest BCUT2D eigenvalue weighted by atomic mass is 79.9. The lowest BCUT2D eigenvalue weighted by Crippen LogP contribution is -2.26. The molecule has 2 rings (SSSR count). The van der Waals surface area contributed by atoms with Gasteiger partial charge in [0.05, 0.1) is 12.7 Å². The summed E-state index contributed by atoms with van der Waals surface area (Å²) in [7, 11) is 0. The normalized spacial score (nSPS) is 24.3. The number of thiophene rings is 1. The first-order valence-electron chi connectivity index (χ1n) is 6.79. The fourth-order valence-electron chi connectivity index (χ4n) is 2.49. The van der Waals surface area contributed by atoms with Gasteiger partial charge in [-0.05, 0) is 40.8 Å². The SMILES string of the molecule is CC1CCCC(OCCNCc2cc(Br)cs2)C1. The monoisotopic (exact) mass is 331 g/mol. The van der Waals surface area contributed by atoms with Gasteiger partial charge in [-0.25, -0.2) is 0 Å². The number of ether oxygens (including phenoxy) is 1. The van der Waals surface area contributed by atoms with Crippen molar-refractivity contribution in [2.45, 2.75) is 45.3 Å². The van der Waals surface area contributed by atoms with E-state index in [1.54, 1.807) is 11.3 Å². The molecule has 2 atom stereocenters. The maximum absolute atomic E-state index is 5.93. The third-order valence-electron chi connectivity index (χ3n) is 3.44. The summed E-state index contributed by atoms with van der Waals surface area (Å²) in [6.07, 6.45) is 5.72. The van der Waals surface area contributed by atoms with Crippen molar-refractivity contribution >= 4 is 27.3 Å². The molecular formula is C14H22BrNOS. The third kappa shape index (κ3) is 5.00. The molecule has 0 aliphatic heterocycles. The molecule has 0 radical (unpaired) electrons. The Kier molecular flexibility index (Phi) is 6.15. The smallest absolute Gasteiger partial charge is 0.0594 e. The van der Waals surface area contributed by atoms with E-state index in [1.165, 1.54) is 35.0 Å². The summed E-state index contributed by atoms with van der Waals surface area (Å²) in [5, 5.41) is 5.55. The van der Waals surface area contributed by atoms with Crippen molar-refractivity contribution in [1.29, 1.82) is 0 Å². The first-order valence-corrected chi connectivity index (χ1v) is 8.46. The number of hydrogen-bond acceptors (Lipinski definition) is 3. The van der Waals surface area contributed by atoms with Gasteiger partial charge >= 0.3 is 0 Å². The van der Waals surface area contributed by atoms with Gasteiger partial charge in [0.2, 0.25) is 0 Å². The second-order valence-electron chi connectivity index (χ2n) is 5.17. The highest BCUT2D eigenvalue weighted by molar-refractivity contribution is 9.10. The second-order valence-corrected chi connectivity index (χ2v) is 7.08. The summed E-state index contributed by atoms with van der Waals surface area (Å²) in [5.41, 5.74) is 0. The Bertz CT molecular complexity index is 355. The van der Waals surface area contributed by atoms with Crippen LogP contribution in [-0.4, -0.2) is 19.3 Å². The zero-order chi connectivity index (χ0) is 12.8. The maximum atomic E-state index is 5.93. The Morgan fingerprint density at radius 3 is 3.11 bits per heavy atom. The molecule has 1 aromatic rings. The van der Waals surface area contributed by atoms with E-state index < -0.39 is 0 Å². The topological polar surface area (TPSA) is 21.3 Å². The van der Waals surface area contributed by atoms with Crippen LogP contribution in [0.25, 0.3) is 0 Å². The van der Waals surface area contributed by atoms with Crippen molar-refractivity contribution in [2.24, 2.45) is 5.92 Å². The molecule has 1 N–H and O–H groups in total. The van der Waals surface area contributed by atoms with Gasteiger partial charge in [-0.1, -0.05) is 19.8 Å². The van der Waals surface area contributed by atoms with Crippen molar-refractivity contribution in [3.63, 3.8) is 0 Å². The zero-order valence-corrected chi connectivity index (χ0v) is 13.4. The minimum atomic E-state index is 0.506. The van der Waals surface area contributed by atoms with E-state index in [4.69, 9.17) is 4.74 Å². The van der Waals surface area contributed by atoms with Gasteiger partial charge in [-0.3, -0.25) is 0 Å². The molecule has 102 valence electrons. The van der Waals surface area contributed by atoms with Crippen molar-refractivity contribution in [2.75, 3.05) is 13.2 Å². The lowest BCUT2D eigenvalue weighted by atomic mass is 9.89. The molecule has 2 nitrogen and oxygen atoms in total. The molecule has 18 heavy (non-hydrogen) atoms. The molecule has 0 saturated heterocycles. The quantitative estimate of drug-likeness (QED) is 0.789. The summed E-state index contributed by atoms with van der Waals surface area (Å²) in [6.45, 7) is 5.06. The van der Waals surface area contributed by atoms with Gasteiger partial charge < -0.3 is 10.1 Å². The molecule has 1 aliphatic carbocycles. The molecule has 1 aromatic heterocycles. The Morgan fingerprint density at radius 2 is 2.39 bits per heavy atom. The minimum absolute atomic E-state index is 0.506. The number of nitrogens with one attached hydrogen (secondary N) is 1. The van der Waals surface area contributed by atoms with E-state index in [0.717, 1.165) is 25.6 Å². The van der Waals surface area contributed by atoms with Gasteiger partial charge in [-0.15, -0.1) is 11.3 Å². The molecule has 0 spiro atoms. The predicted octanol–water partition coefficient (Wildman–Crippen LogP) is 4.20. The van der Waals surface area contributed by atoms with Crippen LogP contribution in [-0.2, 0) is 11.3 Å². The van der Waals surface area contributed by atoms with Gasteiger partial charge in [-0.2, -0.15) is 0 Å². The van der Waals surface area contributed by atoms with Crippen molar-refractivity contribution in [3.05, 3.63) is 20.8 Å². The largest absolute Gasteiger partial charge is 0.377 e. The van der Waals surface area contributed by atoms with Crippen molar-refractivity contribution in [1.82, 2.24) is 5.32 Å². The van der Waals surface area contributed by atoms with E-state index in [0.29, 0.717) is 6.10 Å². The first-order chi connectivity index (χ1) is 8.74. The summed E-state index contributed by atoms with van der Waals surface area (Å²) < 4.78 is 7.11. The van der Waals surface area contributed by atoms with Crippen molar-refractivity contribution in [3.8, 4) is 0 Å². The lowest BCUT2D eigenvalue weighted by Gasteiger charge is -2.26. The van der Waals surface area contributed by atoms with E-state index in [2.05, 4.69) is 39.6 Å². The van der Waals surface area contributed by atoms with Crippen LogP contribution in [0.1, 0.15) is 37.5 Å². The van der Waals surface area contributed by atoms with Crippen LogP contribution in [0.5, 0.6) is 0 Å². The van der Waals surface area contributed by atoms with Crippen LogP contribution in [0, 0.1) is 5.92 Å². The molecule has 0 bridgehead atoms. The van der Waals surface area contributed by atoms with Crippen LogP contribution < -0.4 is 5.32 Å². The van der Waals surface area contributed by atoms with E-state index >= 15 is 0 Å². The van der Waals surface area contributed by atoms with Crippen LogP contribution in [0.3, 0.4) is 0 Å². The molecule has 4 heteroatoms. The number of rotatable bonds is 6. The third-order valence-corrected chi connectivity index (χ3v) is 5.14. The van der Waals surface area contributed by atoms with Gasteiger partial charge in [0.1, 0.15) is 0 Å². The van der Waals surface area contributed by atoms with Crippen molar-refractivity contribution < 1.29 is 4.74 Å². The maximum Gasteiger partial charge on any atom is 0.0594 e. The fraction of sp³-hybridized carbons (Fsp3) is 0.714. The van der Waals surface area contributed by atoms with Crippen LogP contribution in [0.15, 0.2) is 15.9 Å². The van der Waals surface area contributed by atoms with Crippen LogP contribution >= 0.6 is 27.3 Å². The van der Waals surface area contributed by atoms with Crippen LogP contribution in [0.2, 0.25) is 0 Å². The standard InChI is InChI=1S/C14H22BrNOS/c1-11-3-2-4-13(7-11)17-6-5-16-9-14-8-12(15)10-18-14/h8,10-11,13,16H,2-7,9H2,1H3. The van der Waals surface area contributed by atoms with Gasteiger partial charge in [0.15, 0.2) is 0 Å². The summed E-state index contributed by atoms with van der Waals surface area (Å²) in [5.74, 6) is 0.847. The highest BCUT2D eigenvalue weighted by Crippen LogP contribution is 2.25. The zero-order valence-electron chi connectivity index (χ0n) is 11.0. The average Bonchev–Trinajstić information content (AvgIpc) is 2.75. The number of halogens is 1. The van der Waals surface area contributed by atoms with Gasteiger partial charge in [0.25, 0.3) is 0 Å². The van der Waals surface area contributed by atoms with E-state index in [9.17, 15) is 0 Å². The number of hydrogen-bond donors (Lipinski definition) is 1. The van der Waals surface area contributed by atoms with E-state index in [-0.39, 0.29) is 0 Å². The summed E-state index contributed by atoms with van der Waals surface area (Å²) in [6, 6.07) is 2.17. The Morgan fingerprint density at radius 1 is 1.50 bits per heavy atom. The molecule has 1 fully saturated rings. The average molecular weight is 332 g/mol. The van der Waals surface area contributed by atoms with E-state index in [1.807, 2.05) is 0 Å².